The van der Waals surface area contributed by atoms with E-state index in [0.717, 1.165) is 42.1 Å². The average Bonchev–Trinajstić information content (AvgIpc) is 2.72. The number of carboxylic acid groups (broad SMARTS) is 1. The van der Waals surface area contributed by atoms with Crippen molar-refractivity contribution in [1.29, 1.82) is 0 Å². The third-order valence-corrected chi connectivity index (χ3v) is 6.38. The van der Waals surface area contributed by atoms with Gasteiger partial charge in [-0.05, 0) is 37.0 Å². The van der Waals surface area contributed by atoms with Crippen molar-refractivity contribution < 1.29 is 15.0 Å². The molecule has 28 heavy (non-hydrogen) atoms. The molecule has 1 aromatic heterocycles. The van der Waals surface area contributed by atoms with Crippen LogP contribution in [-0.4, -0.2) is 62.9 Å². The lowest BCUT2D eigenvalue weighted by Crippen LogP contribution is -2.50. The number of pyridine rings is 1. The van der Waals surface area contributed by atoms with Gasteiger partial charge in [0.25, 0.3) is 0 Å². The number of nitrogens with zero attached hydrogens (tertiary/aromatic N) is 3. The fourth-order valence-electron chi connectivity index (χ4n) is 4.73. The Morgan fingerprint density at radius 3 is 2.54 bits per heavy atom. The number of hydrogen-bond acceptors (Lipinski definition) is 4. The van der Waals surface area contributed by atoms with Crippen LogP contribution < -0.4 is 0 Å². The predicted molar refractivity (Wildman–Crippen MR) is 108 cm³/mol. The lowest BCUT2D eigenvalue weighted by atomic mass is 9.79. The zero-order chi connectivity index (χ0) is 19.6. The first-order valence-electron chi connectivity index (χ1n) is 10.3. The smallest absolute Gasteiger partial charge is 0.407 e. The first kappa shape index (κ1) is 19.2. The summed E-state index contributed by atoms with van der Waals surface area (Å²) in [6.45, 7) is 2.37. The van der Waals surface area contributed by atoms with Crippen LogP contribution in [-0.2, 0) is 0 Å². The zero-order valence-corrected chi connectivity index (χ0v) is 16.3. The Balaban J connectivity index is 1.61. The van der Waals surface area contributed by atoms with E-state index in [1.54, 1.807) is 0 Å². The maximum absolute atomic E-state index is 11.3. The van der Waals surface area contributed by atoms with Crippen LogP contribution in [0.15, 0.2) is 36.5 Å². The maximum atomic E-state index is 11.3. The molecule has 0 radical (unpaired) electrons. The summed E-state index contributed by atoms with van der Waals surface area (Å²) < 4.78 is 0. The van der Waals surface area contributed by atoms with Gasteiger partial charge in [0.05, 0.1) is 11.1 Å². The molecule has 1 unspecified atom stereocenters. The summed E-state index contributed by atoms with van der Waals surface area (Å²) in [6.07, 6.45) is 6.80. The van der Waals surface area contributed by atoms with Crippen molar-refractivity contribution in [3.8, 4) is 0 Å². The quantitative estimate of drug-likeness (QED) is 0.843. The molecule has 1 aliphatic carbocycles. The van der Waals surface area contributed by atoms with Crippen molar-refractivity contribution in [1.82, 2.24) is 14.8 Å². The van der Waals surface area contributed by atoms with Gasteiger partial charge >= 0.3 is 6.09 Å². The van der Waals surface area contributed by atoms with E-state index in [2.05, 4.69) is 22.0 Å². The molecule has 2 heterocycles. The first-order valence-corrected chi connectivity index (χ1v) is 10.3. The van der Waals surface area contributed by atoms with Gasteiger partial charge in [0.15, 0.2) is 0 Å². The van der Waals surface area contributed by atoms with Gasteiger partial charge in [0, 0.05) is 43.8 Å². The minimum Gasteiger partial charge on any atom is -0.465 e. The average molecular weight is 383 g/mol. The number of rotatable bonds is 4. The molecule has 0 spiro atoms. The SMILES string of the molecule is O=C(O)N1CCN(C(CC2(O)CCCCC2)c2cnc3ccccc3c2)CC1. The fraction of sp³-hybridized carbons (Fsp3) is 0.545. The number of aromatic nitrogens is 1. The summed E-state index contributed by atoms with van der Waals surface area (Å²) in [5, 5.41) is 21.6. The molecule has 2 aliphatic rings. The van der Waals surface area contributed by atoms with Crippen molar-refractivity contribution in [3.05, 3.63) is 42.1 Å². The molecule has 2 aromatic rings. The van der Waals surface area contributed by atoms with Gasteiger partial charge in [-0.2, -0.15) is 0 Å². The highest BCUT2D eigenvalue weighted by atomic mass is 16.4. The highest BCUT2D eigenvalue weighted by molar-refractivity contribution is 5.78. The van der Waals surface area contributed by atoms with Crippen molar-refractivity contribution in [2.24, 2.45) is 0 Å². The van der Waals surface area contributed by atoms with E-state index in [0.29, 0.717) is 32.6 Å². The van der Waals surface area contributed by atoms with Crippen LogP contribution in [0, 0.1) is 0 Å². The number of hydrogen-bond donors (Lipinski definition) is 2. The van der Waals surface area contributed by atoms with E-state index in [-0.39, 0.29) is 6.04 Å². The van der Waals surface area contributed by atoms with Crippen LogP contribution in [0.5, 0.6) is 0 Å². The normalized spacial score (nSPS) is 21.5. The Bertz CT molecular complexity index is 827. The first-order chi connectivity index (χ1) is 13.5. The highest BCUT2D eigenvalue weighted by Gasteiger charge is 2.36. The van der Waals surface area contributed by atoms with E-state index in [1.165, 1.54) is 11.3 Å². The van der Waals surface area contributed by atoms with Crippen LogP contribution in [0.25, 0.3) is 10.9 Å². The summed E-state index contributed by atoms with van der Waals surface area (Å²) in [5.41, 5.74) is 1.44. The molecule has 6 nitrogen and oxygen atoms in total. The number of fused-ring (bicyclic) bond motifs is 1. The topological polar surface area (TPSA) is 76.9 Å². The van der Waals surface area contributed by atoms with Gasteiger partial charge in [-0.25, -0.2) is 4.79 Å². The lowest BCUT2D eigenvalue weighted by molar-refractivity contribution is -0.0335. The fourth-order valence-corrected chi connectivity index (χ4v) is 4.73. The molecule has 2 N–H and O–H groups in total. The number of carbonyl (C=O) groups is 1. The standard InChI is InChI=1S/C22H29N3O3/c26-21(27)25-12-10-24(11-13-25)20(15-22(28)8-4-1-5-9-22)18-14-17-6-2-3-7-19(17)23-16-18/h2-3,6-7,14,16,20,28H,1,4-5,8-13,15H2,(H,26,27). The van der Waals surface area contributed by atoms with Crippen LogP contribution in [0.1, 0.15) is 50.1 Å². The second-order valence-electron chi connectivity index (χ2n) is 8.27. The van der Waals surface area contributed by atoms with Gasteiger partial charge < -0.3 is 15.1 Å². The minimum atomic E-state index is -0.852. The molecule has 4 rings (SSSR count). The van der Waals surface area contributed by atoms with E-state index >= 15 is 0 Å². The Morgan fingerprint density at radius 2 is 1.82 bits per heavy atom. The van der Waals surface area contributed by atoms with Crippen molar-refractivity contribution >= 4 is 17.0 Å². The number of para-hydroxylation sites is 1. The zero-order valence-electron chi connectivity index (χ0n) is 16.3. The van der Waals surface area contributed by atoms with Crippen molar-refractivity contribution in [3.63, 3.8) is 0 Å². The molecule has 1 amide bonds. The summed E-state index contributed by atoms with van der Waals surface area (Å²) in [5.74, 6) is 0. The number of benzene rings is 1. The molecule has 2 fully saturated rings. The molecule has 0 bridgehead atoms. The van der Waals surface area contributed by atoms with E-state index in [9.17, 15) is 15.0 Å². The summed E-state index contributed by atoms with van der Waals surface area (Å²) in [4.78, 5) is 19.7. The van der Waals surface area contributed by atoms with Crippen LogP contribution in [0.4, 0.5) is 4.79 Å². The molecule has 6 heteroatoms. The van der Waals surface area contributed by atoms with Gasteiger partial charge in [-0.15, -0.1) is 0 Å². The Labute approximate surface area is 165 Å². The molecular formula is C22H29N3O3. The molecule has 1 saturated carbocycles. The van der Waals surface area contributed by atoms with E-state index in [1.807, 2.05) is 24.4 Å². The minimum absolute atomic E-state index is 0.0520. The summed E-state index contributed by atoms with van der Waals surface area (Å²) in [6, 6.07) is 10.3. The molecule has 1 atom stereocenters. The van der Waals surface area contributed by atoms with Crippen LogP contribution in [0.3, 0.4) is 0 Å². The van der Waals surface area contributed by atoms with Gasteiger partial charge in [-0.1, -0.05) is 37.5 Å². The Morgan fingerprint density at radius 1 is 1.11 bits per heavy atom. The lowest BCUT2D eigenvalue weighted by Gasteiger charge is -2.42. The third-order valence-electron chi connectivity index (χ3n) is 6.38. The highest BCUT2D eigenvalue weighted by Crippen LogP contribution is 2.38. The van der Waals surface area contributed by atoms with Gasteiger partial charge in [-0.3, -0.25) is 9.88 Å². The van der Waals surface area contributed by atoms with Crippen LogP contribution >= 0.6 is 0 Å². The number of aliphatic hydroxyl groups is 1. The van der Waals surface area contributed by atoms with Crippen LogP contribution in [0.2, 0.25) is 0 Å². The third kappa shape index (κ3) is 4.13. The molecule has 150 valence electrons. The summed E-state index contributed by atoms with van der Waals surface area (Å²) in [7, 11) is 0. The largest absolute Gasteiger partial charge is 0.465 e. The summed E-state index contributed by atoms with van der Waals surface area (Å²) >= 11 is 0. The molecule has 1 aromatic carbocycles. The number of piperazine rings is 1. The maximum Gasteiger partial charge on any atom is 0.407 e. The molecule has 1 saturated heterocycles. The predicted octanol–water partition coefficient (Wildman–Crippen LogP) is 3.66. The second kappa shape index (κ2) is 8.05. The van der Waals surface area contributed by atoms with Gasteiger partial charge in [0.2, 0.25) is 0 Å². The van der Waals surface area contributed by atoms with Crippen molar-refractivity contribution in [2.75, 3.05) is 26.2 Å². The molecular weight excluding hydrogens is 354 g/mol. The van der Waals surface area contributed by atoms with Crippen molar-refractivity contribution in [2.45, 2.75) is 50.2 Å². The molecule has 1 aliphatic heterocycles. The Kier molecular flexibility index (Phi) is 5.51. The van der Waals surface area contributed by atoms with Gasteiger partial charge in [0.1, 0.15) is 0 Å². The monoisotopic (exact) mass is 383 g/mol. The Hall–Kier alpha value is -2.18. The number of amides is 1. The second-order valence-corrected chi connectivity index (χ2v) is 8.27. The van der Waals surface area contributed by atoms with E-state index in [4.69, 9.17) is 0 Å². The van der Waals surface area contributed by atoms with E-state index < -0.39 is 11.7 Å².